The molecule has 296 valence electrons. The smallest absolute Gasteiger partial charge is 0.242 e. The van der Waals surface area contributed by atoms with Gasteiger partial charge in [0.2, 0.25) is 23.6 Å². The second-order valence-electron chi connectivity index (χ2n) is 15.7. The first kappa shape index (κ1) is 37.8. The Morgan fingerprint density at radius 2 is 1.69 bits per heavy atom. The molecule has 2 aliphatic heterocycles. The van der Waals surface area contributed by atoms with Gasteiger partial charge in [-0.15, -0.1) is 11.3 Å². The van der Waals surface area contributed by atoms with Crippen molar-refractivity contribution in [2.24, 2.45) is 36.1 Å². The zero-order valence-corrected chi connectivity index (χ0v) is 34.1. The summed E-state index contributed by atoms with van der Waals surface area (Å²) in [6.07, 6.45) is 2.22. The number of anilines is 2. The number of halogens is 1. The fourth-order valence-corrected chi connectivity index (χ4v) is 11.3. The van der Waals surface area contributed by atoms with Crippen molar-refractivity contribution in [1.82, 2.24) is 9.78 Å². The summed E-state index contributed by atoms with van der Waals surface area (Å²) in [5.74, 6) is -5.33. The number of hydrogen-bond donors (Lipinski definition) is 1. The molecule has 14 heteroatoms. The molecule has 4 amide bonds. The molecule has 3 fully saturated rings. The van der Waals surface area contributed by atoms with Crippen molar-refractivity contribution in [2.75, 3.05) is 24.0 Å². The first-order valence-corrected chi connectivity index (χ1v) is 20.1. The predicted octanol–water partition coefficient (Wildman–Crippen LogP) is 7.62. The first-order valence-electron chi connectivity index (χ1n) is 18.9. The number of rotatable bonds is 7. The lowest BCUT2D eigenvalue weighted by Gasteiger charge is -2.49. The molecule has 2 aliphatic carbocycles. The molecule has 12 nitrogen and oxygen atoms in total. The molecular formula is C44H39ClN4O8S. The number of allylic oxidation sites excluding steroid dienone is 2. The van der Waals surface area contributed by atoms with Gasteiger partial charge in [0, 0.05) is 52.0 Å². The van der Waals surface area contributed by atoms with Crippen LogP contribution in [-0.4, -0.2) is 58.5 Å². The molecule has 6 atom stereocenters. The highest BCUT2D eigenvalue weighted by molar-refractivity contribution is 7.22. The molecule has 0 radical (unpaired) electrons. The number of amides is 4. The molecule has 4 heterocycles. The van der Waals surface area contributed by atoms with Gasteiger partial charge in [0.05, 0.1) is 48.0 Å². The topological polar surface area (TPSA) is 148 Å². The summed E-state index contributed by atoms with van der Waals surface area (Å²) < 4.78 is 13.9. The number of hydrogen-bond acceptors (Lipinski definition) is 10. The average Bonchev–Trinajstić information content (AvgIpc) is 3.88. The van der Waals surface area contributed by atoms with Crippen molar-refractivity contribution in [2.45, 2.75) is 39.5 Å². The molecule has 2 aromatic heterocycles. The number of aryl methyl sites for hydroxylation is 2. The van der Waals surface area contributed by atoms with Crippen LogP contribution in [0.15, 0.2) is 72.3 Å². The molecule has 1 saturated carbocycles. The van der Waals surface area contributed by atoms with E-state index >= 15 is 9.59 Å². The molecule has 0 bridgehead atoms. The summed E-state index contributed by atoms with van der Waals surface area (Å²) in [6, 6.07) is 16.8. The molecule has 5 aromatic rings. The van der Waals surface area contributed by atoms with Crippen LogP contribution in [0.4, 0.5) is 11.5 Å². The Hall–Kier alpha value is -5.79. The van der Waals surface area contributed by atoms with E-state index in [1.807, 2.05) is 31.2 Å². The van der Waals surface area contributed by atoms with Crippen LogP contribution in [-0.2, 0) is 26.2 Å². The van der Waals surface area contributed by atoms with E-state index in [1.165, 1.54) is 53.0 Å². The zero-order chi connectivity index (χ0) is 41.1. The molecule has 3 aromatic carbocycles. The minimum atomic E-state index is -1.46. The predicted molar refractivity (Wildman–Crippen MR) is 219 cm³/mol. The molecule has 1 N–H and O–H groups in total. The summed E-state index contributed by atoms with van der Waals surface area (Å²) >= 11 is 7.87. The van der Waals surface area contributed by atoms with Gasteiger partial charge >= 0.3 is 0 Å². The Morgan fingerprint density at radius 3 is 2.38 bits per heavy atom. The van der Waals surface area contributed by atoms with Gasteiger partial charge in [-0.3, -0.25) is 33.6 Å². The molecule has 2 saturated heterocycles. The number of ketones is 1. The minimum absolute atomic E-state index is 0.108. The van der Waals surface area contributed by atoms with E-state index in [0.717, 1.165) is 20.5 Å². The highest BCUT2D eigenvalue weighted by atomic mass is 35.5. The van der Waals surface area contributed by atoms with Crippen LogP contribution in [0.25, 0.3) is 20.7 Å². The van der Waals surface area contributed by atoms with Crippen molar-refractivity contribution in [3.63, 3.8) is 0 Å². The summed E-state index contributed by atoms with van der Waals surface area (Å²) in [5.41, 5.74) is 1.86. The van der Waals surface area contributed by atoms with E-state index in [0.29, 0.717) is 33.3 Å². The van der Waals surface area contributed by atoms with Gasteiger partial charge < -0.3 is 14.6 Å². The van der Waals surface area contributed by atoms with Crippen LogP contribution in [0, 0.1) is 36.0 Å². The van der Waals surface area contributed by atoms with Crippen molar-refractivity contribution >= 4 is 73.9 Å². The lowest BCUT2D eigenvalue weighted by Crippen LogP contribution is -2.49. The summed E-state index contributed by atoms with van der Waals surface area (Å²) in [7, 11) is 4.60. The number of carbonyl (C=O) groups is 5. The van der Waals surface area contributed by atoms with Crippen molar-refractivity contribution in [3.05, 3.63) is 94.0 Å². The number of imide groups is 2. The lowest BCUT2D eigenvalue weighted by molar-refractivity contribution is -0.131. The summed E-state index contributed by atoms with van der Waals surface area (Å²) in [4.78, 5) is 74.2. The third-order valence-electron chi connectivity index (χ3n) is 12.9. The van der Waals surface area contributed by atoms with E-state index < -0.39 is 52.7 Å². The normalized spacial score (nSPS) is 25.2. The van der Waals surface area contributed by atoms with E-state index in [2.05, 4.69) is 0 Å². The number of aromatic hydroxyl groups is 1. The minimum Gasteiger partial charge on any atom is -0.507 e. The quantitative estimate of drug-likeness (QED) is 0.0995. The number of benzene rings is 3. The van der Waals surface area contributed by atoms with Crippen molar-refractivity contribution in [3.8, 4) is 27.8 Å². The Balaban J connectivity index is 1.17. The number of phenols is 1. The summed E-state index contributed by atoms with van der Waals surface area (Å²) in [6.45, 7) is 5.18. The number of phenolic OH excluding ortho intramolecular Hbond substituents is 1. The van der Waals surface area contributed by atoms with Crippen LogP contribution in [0.2, 0.25) is 5.02 Å². The Labute approximate surface area is 342 Å². The van der Waals surface area contributed by atoms with Gasteiger partial charge in [-0.1, -0.05) is 23.3 Å². The molecular weight excluding hydrogens is 780 g/mol. The van der Waals surface area contributed by atoms with Gasteiger partial charge in [-0.25, -0.2) is 4.90 Å². The Morgan fingerprint density at radius 1 is 0.948 bits per heavy atom. The fourth-order valence-electron chi connectivity index (χ4n) is 10.0. The number of nitrogens with zero attached hydrogens (tertiary/aromatic N) is 4. The van der Waals surface area contributed by atoms with Gasteiger partial charge in [0.1, 0.15) is 28.8 Å². The highest BCUT2D eigenvalue weighted by Gasteiger charge is 2.68. The number of aromatic nitrogens is 2. The third-order valence-corrected chi connectivity index (χ3v) is 14.4. The molecule has 6 unspecified atom stereocenters. The largest absolute Gasteiger partial charge is 0.507 e. The second kappa shape index (κ2) is 13.4. The Bertz CT molecular complexity index is 2680. The number of carbonyl (C=O) groups excluding carboxylic acids is 5. The maximum Gasteiger partial charge on any atom is 0.242 e. The SMILES string of the molecule is COc1cc(O)c(C2C3=CCC4C(=O)N(c5ccc(C(C)=O)cc5)C(=O)C4C3CC3C(=O)N(c4cc(-c5sc6ccc(Cl)cc6c5C)nn4C)C(=O)C32C)c(OC)c1. The maximum absolute atomic E-state index is 15.3. The lowest BCUT2D eigenvalue weighted by atomic mass is 9.51. The van der Waals surface area contributed by atoms with Gasteiger partial charge in [0.25, 0.3) is 0 Å². The monoisotopic (exact) mass is 818 g/mol. The van der Waals surface area contributed by atoms with Crippen LogP contribution in [0.1, 0.15) is 54.1 Å². The van der Waals surface area contributed by atoms with Crippen LogP contribution >= 0.6 is 22.9 Å². The molecule has 4 aliphatic rings. The van der Waals surface area contributed by atoms with E-state index in [9.17, 15) is 19.5 Å². The number of Topliss-reactive ketones (excluding diaryl/α,β-unsaturated/α-hetero) is 1. The van der Waals surface area contributed by atoms with E-state index in [4.69, 9.17) is 26.2 Å². The zero-order valence-electron chi connectivity index (χ0n) is 32.5. The van der Waals surface area contributed by atoms with Crippen LogP contribution in [0.3, 0.4) is 0 Å². The molecule has 58 heavy (non-hydrogen) atoms. The Kier molecular flexibility index (Phi) is 8.72. The highest BCUT2D eigenvalue weighted by Crippen LogP contribution is 2.66. The van der Waals surface area contributed by atoms with Crippen molar-refractivity contribution < 1.29 is 38.6 Å². The number of fused-ring (bicyclic) bond motifs is 5. The van der Waals surface area contributed by atoms with Crippen LogP contribution in [0.5, 0.6) is 17.2 Å². The number of thiophene rings is 1. The fraction of sp³-hybridized carbons (Fsp3) is 0.318. The van der Waals surface area contributed by atoms with Crippen molar-refractivity contribution in [1.29, 1.82) is 0 Å². The molecule has 0 spiro atoms. The average molecular weight is 819 g/mol. The molecule has 9 rings (SSSR count). The number of methoxy groups -OCH3 is 2. The van der Waals surface area contributed by atoms with Crippen LogP contribution < -0.4 is 19.3 Å². The second-order valence-corrected chi connectivity index (χ2v) is 17.2. The van der Waals surface area contributed by atoms with E-state index in [1.54, 1.807) is 50.4 Å². The number of ether oxygens (including phenoxy) is 2. The van der Waals surface area contributed by atoms with E-state index in [-0.39, 0.29) is 47.4 Å². The van der Waals surface area contributed by atoms with Gasteiger partial charge in [0.15, 0.2) is 5.78 Å². The van der Waals surface area contributed by atoms with Gasteiger partial charge in [-0.2, -0.15) is 5.10 Å². The standard InChI is InChI=1S/C44H39ClN4O8S/c1-20-28-15-23(45)9-14-34(28)58-39(20)31-19-35(47(4)46-31)49-41(53)30-18-29-26(38(44(30,3)43(49)55)37-32(51)16-25(56-5)17-33(37)57-6)12-13-27-36(29)42(54)48(40(27)52)24-10-7-22(8-11-24)21(2)50/h7-12,14-17,19,27,29-30,36,38,51H,13,18H2,1-6H3. The first-order chi connectivity index (χ1) is 27.7. The third kappa shape index (κ3) is 5.25. The van der Waals surface area contributed by atoms with Gasteiger partial charge in [-0.05, 0) is 92.9 Å². The maximum atomic E-state index is 15.3. The summed E-state index contributed by atoms with van der Waals surface area (Å²) in [5, 5.41) is 18.2.